The molecule has 0 bridgehead atoms. The van der Waals surface area contributed by atoms with E-state index in [1.807, 2.05) is 13.8 Å². The number of aromatic carboxylic acids is 1. The van der Waals surface area contributed by atoms with Crippen molar-refractivity contribution in [3.8, 4) is 0 Å². The lowest BCUT2D eigenvalue weighted by atomic mass is 10.1. The summed E-state index contributed by atoms with van der Waals surface area (Å²) in [6.07, 6.45) is 2.85. The van der Waals surface area contributed by atoms with Crippen molar-refractivity contribution in [1.29, 1.82) is 0 Å². The van der Waals surface area contributed by atoms with Crippen molar-refractivity contribution in [1.82, 2.24) is 9.97 Å². The van der Waals surface area contributed by atoms with Gasteiger partial charge in [-0.05, 0) is 13.3 Å². The van der Waals surface area contributed by atoms with Gasteiger partial charge in [0.2, 0.25) is 0 Å². The molecule has 1 rings (SSSR count). The maximum absolute atomic E-state index is 10.9. The largest absolute Gasteiger partial charge is 0.478 e. The van der Waals surface area contributed by atoms with Crippen molar-refractivity contribution in [2.24, 2.45) is 0 Å². The van der Waals surface area contributed by atoms with Crippen LogP contribution < -0.4 is 0 Å². The molecule has 1 heterocycles. The summed E-state index contributed by atoms with van der Waals surface area (Å²) in [6.45, 7) is 4.79. The molecule has 0 saturated carbocycles. The Morgan fingerprint density at radius 3 is 2.81 bits per heavy atom. The molecule has 1 aromatic heterocycles. The van der Waals surface area contributed by atoms with E-state index in [0.29, 0.717) is 31.2 Å². The molecule has 0 aliphatic heterocycles. The zero-order valence-electron chi connectivity index (χ0n) is 9.56. The number of carboxylic acids is 1. The second-order valence-corrected chi connectivity index (χ2v) is 3.34. The SMILES string of the molecule is CCCc1nc(COCC)ncc1C(=O)O. The lowest BCUT2D eigenvalue weighted by molar-refractivity contribution is 0.0694. The molecule has 0 saturated heterocycles. The smallest absolute Gasteiger partial charge is 0.339 e. The van der Waals surface area contributed by atoms with E-state index in [2.05, 4.69) is 9.97 Å². The Kier molecular flexibility index (Phi) is 4.85. The first kappa shape index (κ1) is 12.6. The fourth-order valence-electron chi connectivity index (χ4n) is 1.33. The second kappa shape index (κ2) is 6.17. The van der Waals surface area contributed by atoms with Crippen molar-refractivity contribution in [2.45, 2.75) is 33.3 Å². The summed E-state index contributed by atoms with van der Waals surface area (Å²) in [5, 5.41) is 8.95. The average molecular weight is 224 g/mol. The first-order valence-electron chi connectivity index (χ1n) is 5.34. The van der Waals surface area contributed by atoms with E-state index in [1.54, 1.807) is 0 Å². The van der Waals surface area contributed by atoms with E-state index in [9.17, 15) is 4.79 Å². The van der Waals surface area contributed by atoms with E-state index in [0.717, 1.165) is 6.42 Å². The molecule has 0 aromatic carbocycles. The van der Waals surface area contributed by atoms with Gasteiger partial charge in [-0.15, -0.1) is 0 Å². The molecule has 1 aromatic rings. The van der Waals surface area contributed by atoms with Crippen LogP contribution in [0.3, 0.4) is 0 Å². The Labute approximate surface area is 94.5 Å². The van der Waals surface area contributed by atoms with E-state index in [1.165, 1.54) is 6.20 Å². The Morgan fingerprint density at radius 1 is 1.50 bits per heavy atom. The molecular weight excluding hydrogens is 208 g/mol. The van der Waals surface area contributed by atoms with E-state index in [-0.39, 0.29) is 5.56 Å². The lowest BCUT2D eigenvalue weighted by Crippen LogP contribution is -2.09. The second-order valence-electron chi connectivity index (χ2n) is 3.34. The van der Waals surface area contributed by atoms with E-state index < -0.39 is 5.97 Å². The first-order chi connectivity index (χ1) is 7.69. The van der Waals surface area contributed by atoms with Gasteiger partial charge in [-0.25, -0.2) is 14.8 Å². The molecule has 88 valence electrons. The zero-order chi connectivity index (χ0) is 12.0. The van der Waals surface area contributed by atoms with Gasteiger partial charge in [0, 0.05) is 12.8 Å². The van der Waals surface area contributed by atoms with Crippen LogP contribution in [-0.4, -0.2) is 27.7 Å². The van der Waals surface area contributed by atoms with Gasteiger partial charge in [0.1, 0.15) is 6.61 Å². The van der Waals surface area contributed by atoms with Gasteiger partial charge < -0.3 is 9.84 Å². The highest BCUT2D eigenvalue weighted by atomic mass is 16.5. The standard InChI is InChI=1S/C11H16N2O3/c1-3-5-9-8(11(14)15)6-12-10(13-9)7-16-4-2/h6H,3-5,7H2,1-2H3,(H,14,15). The normalized spacial score (nSPS) is 10.4. The molecule has 0 radical (unpaired) electrons. The van der Waals surface area contributed by atoms with Gasteiger partial charge in [-0.2, -0.15) is 0 Å². The lowest BCUT2D eigenvalue weighted by Gasteiger charge is -2.06. The highest BCUT2D eigenvalue weighted by Crippen LogP contribution is 2.08. The van der Waals surface area contributed by atoms with Gasteiger partial charge in [-0.3, -0.25) is 0 Å². The zero-order valence-corrected chi connectivity index (χ0v) is 9.56. The Bertz CT molecular complexity index is 366. The number of aryl methyl sites for hydroxylation is 1. The molecule has 0 spiro atoms. The van der Waals surface area contributed by atoms with Gasteiger partial charge in [-0.1, -0.05) is 13.3 Å². The third-order valence-electron chi connectivity index (χ3n) is 2.07. The van der Waals surface area contributed by atoms with Gasteiger partial charge in [0.25, 0.3) is 0 Å². The fourth-order valence-corrected chi connectivity index (χ4v) is 1.33. The fraction of sp³-hybridized carbons (Fsp3) is 0.545. The summed E-state index contributed by atoms with van der Waals surface area (Å²) >= 11 is 0. The molecule has 5 heteroatoms. The quantitative estimate of drug-likeness (QED) is 0.795. The van der Waals surface area contributed by atoms with E-state index >= 15 is 0 Å². The summed E-state index contributed by atoms with van der Waals surface area (Å²) < 4.78 is 5.18. The summed E-state index contributed by atoms with van der Waals surface area (Å²) in [4.78, 5) is 19.1. The molecule has 5 nitrogen and oxygen atoms in total. The molecule has 0 aliphatic carbocycles. The molecule has 0 unspecified atom stereocenters. The highest BCUT2D eigenvalue weighted by molar-refractivity contribution is 5.88. The maximum Gasteiger partial charge on any atom is 0.339 e. The Hall–Kier alpha value is -1.49. The number of carbonyl (C=O) groups is 1. The van der Waals surface area contributed by atoms with Crippen LogP contribution >= 0.6 is 0 Å². The molecule has 0 amide bonds. The summed E-state index contributed by atoms with van der Waals surface area (Å²) in [5.41, 5.74) is 0.766. The third-order valence-corrected chi connectivity index (χ3v) is 2.07. The minimum Gasteiger partial charge on any atom is -0.478 e. The van der Waals surface area contributed by atoms with Gasteiger partial charge in [0.15, 0.2) is 5.82 Å². The highest BCUT2D eigenvalue weighted by Gasteiger charge is 2.12. The number of aromatic nitrogens is 2. The van der Waals surface area contributed by atoms with Crippen LogP contribution in [0.25, 0.3) is 0 Å². The van der Waals surface area contributed by atoms with Crippen molar-refractivity contribution >= 4 is 5.97 Å². The van der Waals surface area contributed by atoms with Crippen LogP contribution in [0.5, 0.6) is 0 Å². The molecule has 0 atom stereocenters. The first-order valence-corrected chi connectivity index (χ1v) is 5.34. The summed E-state index contributed by atoms with van der Waals surface area (Å²) in [7, 11) is 0. The van der Waals surface area contributed by atoms with Gasteiger partial charge in [0.05, 0.1) is 11.3 Å². The summed E-state index contributed by atoms with van der Waals surface area (Å²) in [5.74, 6) is -0.443. The predicted octanol–water partition coefficient (Wildman–Crippen LogP) is 1.66. The Morgan fingerprint density at radius 2 is 2.25 bits per heavy atom. The van der Waals surface area contributed by atoms with Crippen molar-refractivity contribution in [3.63, 3.8) is 0 Å². The van der Waals surface area contributed by atoms with Crippen LogP contribution in [0.15, 0.2) is 6.20 Å². The molecular formula is C11H16N2O3. The van der Waals surface area contributed by atoms with Crippen molar-refractivity contribution < 1.29 is 14.6 Å². The van der Waals surface area contributed by atoms with Crippen LogP contribution in [0.4, 0.5) is 0 Å². The third kappa shape index (κ3) is 3.27. The van der Waals surface area contributed by atoms with Crippen LogP contribution in [0, 0.1) is 0 Å². The average Bonchev–Trinajstić information content (AvgIpc) is 2.26. The number of hydrogen-bond acceptors (Lipinski definition) is 4. The van der Waals surface area contributed by atoms with Crippen LogP contribution in [0.2, 0.25) is 0 Å². The topological polar surface area (TPSA) is 72.3 Å². The van der Waals surface area contributed by atoms with Crippen molar-refractivity contribution in [3.05, 3.63) is 23.3 Å². The minimum absolute atomic E-state index is 0.182. The molecule has 1 N–H and O–H groups in total. The molecule has 0 aliphatic rings. The predicted molar refractivity (Wildman–Crippen MR) is 58.3 cm³/mol. The minimum atomic E-state index is -0.980. The number of ether oxygens (including phenoxy) is 1. The summed E-state index contributed by atoms with van der Waals surface area (Å²) in [6, 6.07) is 0. The molecule has 0 fully saturated rings. The van der Waals surface area contributed by atoms with Crippen molar-refractivity contribution in [2.75, 3.05) is 6.61 Å². The molecule has 16 heavy (non-hydrogen) atoms. The Balaban J connectivity index is 2.92. The van der Waals surface area contributed by atoms with Crippen LogP contribution in [0.1, 0.15) is 42.1 Å². The number of nitrogens with zero attached hydrogens (tertiary/aromatic N) is 2. The number of hydrogen-bond donors (Lipinski definition) is 1. The number of rotatable bonds is 6. The van der Waals surface area contributed by atoms with Crippen LogP contribution in [-0.2, 0) is 17.8 Å². The number of carboxylic acid groups (broad SMARTS) is 1. The van der Waals surface area contributed by atoms with Gasteiger partial charge >= 0.3 is 5.97 Å². The monoisotopic (exact) mass is 224 g/mol. The van der Waals surface area contributed by atoms with E-state index in [4.69, 9.17) is 9.84 Å². The maximum atomic E-state index is 10.9.